The average molecular weight is 225 g/mol. The Morgan fingerprint density at radius 1 is 1.50 bits per heavy atom. The fraction of sp³-hybridized carbons (Fsp3) is 0.167. The maximum Gasteiger partial charge on any atom is 0.344 e. The summed E-state index contributed by atoms with van der Waals surface area (Å²) in [6, 6.07) is 5.23. The molecule has 0 radical (unpaired) electrons. The molecule has 0 spiro atoms. The topological polar surface area (TPSA) is 42.0 Å². The lowest BCUT2D eigenvalue weighted by Gasteiger charge is -2.05. The van der Waals surface area contributed by atoms with Gasteiger partial charge in [0.15, 0.2) is 0 Å². The third-order valence-electron chi connectivity index (χ3n) is 1.13. The molecule has 1 aromatic rings. The molecule has 0 aromatic carbocycles. The Bertz CT molecular complexity index is 325. The summed E-state index contributed by atoms with van der Waals surface area (Å²) in [6.07, 6.45) is 0. The average Bonchev–Trinajstić information content (AvgIpc) is 1.82. The van der Waals surface area contributed by atoms with E-state index in [1.807, 2.05) is 13.0 Å². The van der Waals surface area contributed by atoms with Crippen molar-refractivity contribution >= 4 is 34.3 Å². The van der Waals surface area contributed by atoms with Gasteiger partial charge in [0.25, 0.3) is 0 Å². The van der Waals surface area contributed by atoms with E-state index in [0.717, 1.165) is 5.69 Å². The zero-order valence-corrected chi connectivity index (χ0v) is 8.70. The summed E-state index contributed by atoms with van der Waals surface area (Å²) in [4.78, 5) is 4.01. The lowest BCUT2D eigenvalue weighted by atomic mass is 10.4. The number of nitrogens with zero attached hydrogens (tertiary/aromatic N) is 1. The van der Waals surface area contributed by atoms with Gasteiger partial charge in [-0.3, -0.25) is 9.65 Å². The highest BCUT2D eigenvalue weighted by Crippen LogP contribution is 2.55. The van der Waals surface area contributed by atoms with Crippen LogP contribution in [0.5, 0.6) is 0 Å². The summed E-state index contributed by atoms with van der Waals surface area (Å²) in [7, 11) is 0. The molecule has 1 rings (SSSR count). The molecule has 0 fully saturated rings. The second-order valence-corrected chi connectivity index (χ2v) is 6.76. The van der Waals surface area contributed by atoms with Crippen LogP contribution in [0, 0.1) is 6.92 Å². The van der Waals surface area contributed by atoms with Crippen molar-refractivity contribution < 1.29 is 4.57 Å². The summed E-state index contributed by atoms with van der Waals surface area (Å²) >= 11 is 10.6. The number of rotatable bonds is 2. The number of anilines is 1. The largest absolute Gasteiger partial charge is 0.344 e. The van der Waals surface area contributed by atoms with Crippen LogP contribution in [0.4, 0.5) is 5.82 Å². The molecule has 0 aliphatic heterocycles. The predicted octanol–water partition coefficient (Wildman–Crippen LogP) is 3.39. The van der Waals surface area contributed by atoms with Crippen molar-refractivity contribution in [2.45, 2.75) is 6.92 Å². The maximum absolute atomic E-state index is 10.9. The zero-order valence-electron chi connectivity index (χ0n) is 6.29. The van der Waals surface area contributed by atoms with Crippen LogP contribution in [-0.2, 0) is 4.57 Å². The van der Waals surface area contributed by atoms with Crippen molar-refractivity contribution in [3.05, 3.63) is 23.9 Å². The molecule has 12 heavy (non-hydrogen) atoms. The van der Waals surface area contributed by atoms with Crippen LogP contribution >= 0.6 is 28.5 Å². The molecular weight excluding hydrogens is 218 g/mol. The van der Waals surface area contributed by atoms with Crippen LogP contribution in [0.15, 0.2) is 18.2 Å². The van der Waals surface area contributed by atoms with Gasteiger partial charge in [0.1, 0.15) is 5.82 Å². The Labute approximate surface area is 80.1 Å². The highest BCUT2D eigenvalue weighted by Gasteiger charge is 2.12. The summed E-state index contributed by atoms with van der Waals surface area (Å²) in [5.41, 5.74) is 0.807. The van der Waals surface area contributed by atoms with Crippen LogP contribution in [-0.4, -0.2) is 4.98 Å². The summed E-state index contributed by atoms with van der Waals surface area (Å²) < 4.78 is 10.9. The van der Waals surface area contributed by atoms with Crippen LogP contribution in [0.3, 0.4) is 0 Å². The van der Waals surface area contributed by atoms with Crippen molar-refractivity contribution in [1.82, 2.24) is 4.98 Å². The quantitative estimate of drug-likeness (QED) is 0.784. The first-order chi connectivity index (χ1) is 5.47. The van der Waals surface area contributed by atoms with E-state index in [0.29, 0.717) is 5.82 Å². The monoisotopic (exact) mass is 224 g/mol. The molecule has 0 unspecified atom stereocenters. The first-order valence-electron chi connectivity index (χ1n) is 3.19. The van der Waals surface area contributed by atoms with Gasteiger partial charge in [0, 0.05) is 5.69 Å². The number of halogens is 2. The van der Waals surface area contributed by atoms with Gasteiger partial charge in [-0.2, -0.15) is 0 Å². The highest BCUT2D eigenvalue weighted by molar-refractivity contribution is 8.09. The number of pyridine rings is 1. The minimum atomic E-state index is -3.28. The molecule has 1 aromatic heterocycles. The number of hydrogen-bond acceptors (Lipinski definition) is 2. The Morgan fingerprint density at radius 2 is 2.17 bits per heavy atom. The molecule has 66 valence electrons. The Hall–Kier alpha value is -0.240. The lowest BCUT2D eigenvalue weighted by Crippen LogP contribution is -1.91. The second kappa shape index (κ2) is 3.65. The molecule has 0 aliphatic carbocycles. The van der Waals surface area contributed by atoms with E-state index in [4.69, 9.17) is 22.5 Å². The molecule has 0 amide bonds. The van der Waals surface area contributed by atoms with Crippen molar-refractivity contribution in [2.24, 2.45) is 0 Å². The van der Waals surface area contributed by atoms with Crippen molar-refractivity contribution in [3.63, 3.8) is 0 Å². The SMILES string of the molecule is Cc1cccc(NP(=O)(Cl)Cl)n1. The zero-order chi connectivity index (χ0) is 9.19. The van der Waals surface area contributed by atoms with Gasteiger partial charge in [-0.1, -0.05) is 6.07 Å². The van der Waals surface area contributed by atoms with E-state index >= 15 is 0 Å². The third-order valence-corrected chi connectivity index (χ3v) is 2.13. The molecule has 0 saturated heterocycles. The van der Waals surface area contributed by atoms with Crippen molar-refractivity contribution in [3.8, 4) is 0 Å². The first kappa shape index (κ1) is 9.85. The van der Waals surface area contributed by atoms with Gasteiger partial charge in [-0.25, -0.2) is 4.98 Å². The van der Waals surface area contributed by atoms with Gasteiger partial charge in [0.2, 0.25) is 0 Å². The van der Waals surface area contributed by atoms with Crippen LogP contribution in [0.1, 0.15) is 5.69 Å². The molecule has 0 saturated carbocycles. The van der Waals surface area contributed by atoms with Crippen LogP contribution in [0.25, 0.3) is 0 Å². The predicted molar refractivity (Wildman–Crippen MR) is 51.9 cm³/mol. The normalized spacial score (nSPS) is 11.2. The fourth-order valence-corrected chi connectivity index (χ4v) is 1.65. The van der Waals surface area contributed by atoms with Crippen molar-refractivity contribution in [1.29, 1.82) is 0 Å². The van der Waals surface area contributed by atoms with Gasteiger partial charge >= 0.3 is 6.00 Å². The molecular formula is C6H7Cl2N2OP. The number of aromatic nitrogens is 1. The Balaban J connectivity index is 2.84. The third kappa shape index (κ3) is 3.44. The minimum absolute atomic E-state index is 0.420. The van der Waals surface area contributed by atoms with Gasteiger partial charge in [-0.05, 0) is 41.5 Å². The number of nitrogens with one attached hydrogen (secondary N) is 1. The van der Waals surface area contributed by atoms with E-state index < -0.39 is 6.00 Å². The van der Waals surface area contributed by atoms with E-state index in [2.05, 4.69) is 10.1 Å². The van der Waals surface area contributed by atoms with E-state index in [9.17, 15) is 4.57 Å². The highest BCUT2D eigenvalue weighted by atomic mass is 35.9. The van der Waals surface area contributed by atoms with E-state index in [1.165, 1.54) is 0 Å². The minimum Gasteiger partial charge on any atom is -0.297 e. The molecule has 0 bridgehead atoms. The Kier molecular flexibility index (Phi) is 2.99. The maximum atomic E-state index is 10.9. The molecule has 6 heteroatoms. The van der Waals surface area contributed by atoms with Crippen LogP contribution in [0.2, 0.25) is 0 Å². The summed E-state index contributed by atoms with van der Waals surface area (Å²) in [6.45, 7) is 1.82. The summed E-state index contributed by atoms with van der Waals surface area (Å²) in [5.74, 6) is -2.86. The van der Waals surface area contributed by atoms with E-state index in [1.54, 1.807) is 12.1 Å². The smallest absolute Gasteiger partial charge is 0.297 e. The van der Waals surface area contributed by atoms with Crippen LogP contribution < -0.4 is 5.09 Å². The fourth-order valence-electron chi connectivity index (χ4n) is 0.739. The molecule has 1 heterocycles. The standard InChI is InChI=1S/C6H7Cl2N2OP/c1-5-3-2-4-6(9-5)10-12(7,8)11/h2-4H,1H3,(H,9,10,11). The van der Waals surface area contributed by atoms with Crippen molar-refractivity contribution in [2.75, 3.05) is 5.09 Å². The summed E-state index contributed by atoms with van der Waals surface area (Å²) in [5, 5.41) is 2.40. The molecule has 0 aliphatic rings. The number of hydrogen-bond donors (Lipinski definition) is 1. The molecule has 1 N–H and O–H groups in total. The second-order valence-electron chi connectivity index (χ2n) is 2.24. The first-order valence-corrected chi connectivity index (χ1v) is 6.70. The van der Waals surface area contributed by atoms with Gasteiger partial charge in [0.05, 0.1) is 0 Å². The Morgan fingerprint density at radius 3 is 2.67 bits per heavy atom. The lowest BCUT2D eigenvalue weighted by molar-refractivity contribution is 0.595. The van der Waals surface area contributed by atoms with Gasteiger partial charge in [-0.15, -0.1) is 0 Å². The van der Waals surface area contributed by atoms with Gasteiger partial charge < -0.3 is 0 Å². The molecule has 0 atom stereocenters. The van der Waals surface area contributed by atoms with E-state index in [-0.39, 0.29) is 0 Å². The number of aryl methyl sites for hydroxylation is 1. The molecule has 3 nitrogen and oxygen atoms in total.